The van der Waals surface area contributed by atoms with Gasteiger partial charge in [-0.25, -0.2) is 8.42 Å². The Hall–Kier alpha value is -0.740. The number of hydrogen-bond donors (Lipinski definition) is 0. The molecule has 0 radical (unpaired) electrons. The fourth-order valence-corrected chi connectivity index (χ4v) is 3.15. The second-order valence-electron chi connectivity index (χ2n) is 4.56. The third-order valence-electron chi connectivity index (χ3n) is 3.20. The molecule has 0 aromatic heterocycles. The Labute approximate surface area is 120 Å². The van der Waals surface area contributed by atoms with Gasteiger partial charge in [0.05, 0.1) is 12.9 Å². The number of alkyl halides is 1. The van der Waals surface area contributed by atoms with Crippen molar-refractivity contribution in [3.8, 4) is 5.75 Å². The van der Waals surface area contributed by atoms with Gasteiger partial charge in [0.25, 0.3) is 0 Å². The van der Waals surface area contributed by atoms with Crippen molar-refractivity contribution in [2.75, 3.05) is 24.5 Å². The van der Waals surface area contributed by atoms with Gasteiger partial charge in [-0.2, -0.15) is 0 Å². The van der Waals surface area contributed by atoms with Gasteiger partial charge in [0.15, 0.2) is 0 Å². The summed E-state index contributed by atoms with van der Waals surface area (Å²) in [5, 5.41) is 0. The van der Waals surface area contributed by atoms with Crippen LogP contribution in [0.2, 0.25) is 0 Å². The molecule has 1 aromatic carbocycles. The zero-order valence-corrected chi connectivity index (χ0v) is 13.0. The summed E-state index contributed by atoms with van der Waals surface area (Å²) in [5.74, 6) is 1.83. The number of hydrogen-bond acceptors (Lipinski definition) is 3. The van der Waals surface area contributed by atoms with E-state index < -0.39 is 9.84 Å². The Morgan fingerprint density at radius 1 is 1.32 bits per heavy atom. The molecule has 0 fully saturated rings. The molecule has 0 heterocycles. The summed E-state index contributed by atoms with van der Waals surface area (Å²) in [4.78, 5) is 0. The van der Waals surface area contributed by atoms with Gasteiger partial charge in [0.2, 0.25) is 0 Å². The summed E-state index contributed by atoms with van der Waals surface area (Å²) in [6, 6.07) is 7.77. The molecule has 1 unspecified atom stereocenters. The molecule has 1 atom stereocenters. The van der Waals surface area contributed by atoms with Crippen LogP contribution < -0.4 is 4.74 Å². The minimum atomic E-state index is -2.92. The molecule has 0 saturated heterocycles. The average Bonchev–Trinajstić information content (AvgIpc) is 2.43. The molecule has 5 heteroatoms. The first kappa shape index (κ1) is 16.3. The molecule has 1 aromatic rings. The van der Waals surface area contributed by atoms with Crippen molar-refractivity contribution < 1.29 is 13.2 Å². The summed E-state index contributed by atoms with van der Waals surface area (Å²) < 4.78 is 28.4. The number of sulfone groups is 1. The van der Waals surface area contributed by atoms with Crippen LogP contribution in [0.1, 0.15) is 18.9 Å². The van der Waals surface area contributed by atoms with Crippen LogP contribution in [0, 0.1) is 5.92 Å². The fourth-order valence-electron chi connectivity index (χ4n) is 1.91. The van der Waals surface area contributed by atoms with E-state index in [4.69, 9.17) is 16.3 Å². The molecule has 0 bridgehead atoms. The van der Waals surface area contributed by atoms with E-state index in [0.29, 0.717) is 12.3 Å². The molecule has 3 nitrogen and oxygen atoms in total. The van der Waals surface area contributed by atoms with E-state index in [1.165, 1.54) is 0 Å². The highest BCUT2D eigenvalue weighted by atomic mass is 35.5. The van der Waals surface area contributed by atoms with Crippen LogP contribution in [0.15, 0.2) is 24.3 Å². The number of halogens is 1. The summed E-state index contributed by atoms with van der Waals surface area (Å²) in [6.07, 6.45) is 1.34. The molecule has 0 spiro atoms. The number of benzene rings is 1. The lowest BCUT2D eigenvalue weighted by Gasteiger charge is -2.15. The van der Waals surface area contributed by atoms with E-state index in [-0.39, 0.29) is 17.4 Å². The number of para-hydroxylation sites is 1. The Balaban J connectivity index is 2.66. The minimum Gasteiger partial charge on any atom is -0.496 e. The molecule has 0 aliphatic rings. The molecule has 0 N–H and O–H groups in total. The molecular weight excluding hydrogens is 284 g/mol. The maximum absolute atomic E-state index is 11.5. The third-order valence-corrected chi connectivity index (χ3v) is 5.37. The van der Waals surface area contributed by atoms with Gasteiger partial charge in [0, 0.05) is 11.6 Å². The zero-order chi connectivity index (χ0) is 14.3. The number of methoxy groups -OCH3 is 1. The maximum Gasteiger partial charge on any atom is 0.150 e. The van der Waals surface area contributed by atoms with Gasteiger partial charge in [-0.15, -0.1) is 11.6 Å². The second-order valence-corrected chi connectivity index (χ2v) is 7.34. The van der Waals surface area contributed by atoms with E-state index in [9.17, 15) is 8.42 Å². The van der Waals surface area contributed by atoms with E-state index in [1.807, 2.05) is 24.3 Å². The van der Waals surface area contributed by atoms with Crippen molar-refractivity contribution in [1.82, 2.24) is 0 Å². The average molecular weight is 305 g/mol. The van der Waals surface area contributed by atoms with Crippen molar-refractivity contribution in [1.29, 1.82) is 0 Å². The van der Waals surface area contributed by atoms with E-state index in [0.717, 1.165) is 17.7 Å². The monoisotopic (exact) mass is 304 g/mol. The van der Waals surface area contributed by atoms with Crippen molar-refractivity contribution in [3.05, 3.63) is 29.8 Å². The third kappa shape index (κ3) is 5.41. The summed E-state index contributed by atoms with van der Waals surface area (Å²) in [7, 11) is -1.29. The van der Waals surface area contributed by atoms with Gasteiger partial charge in [-0.1, -0.05) is 25.1 Å². The SMILES string of the molecule is CCS(=O)(=O)CCC(CCl)Cc1ccccc1OC. The van der Waals surface area contributed by atoms with E-state index in [1.54, 1.807) is 14.0 Å². The van der Waals surface area contributed by atoms with Gasteiger partial charge in [0.1, 0.15) is 15.6 Å². The van der Waals surface area contributed by atoms with Crippen LogP contribution in [0.3, 0.4) is 0 Å². The predicted octanol–water partition coefficient (Wildman–Crippen LogP) is 2.92. The fraction of sp³-hybridized carbons (Fsp3) is 0.571. The van der Waals surface area contributed by atoms with E-state index >= 15 is 0 Å². The van der Waals surface area contributed by atoms with Crippen molar-refractivity contribution in [2.45, 2.75) is 19.8 Å². The lowest BCUT2D eigenvalue weighted by molar-refractivity contribution is 0.405. The Bertz CT molecular complexity index is 485. The number of ether oxygens (including phenoxy) is 1. The molecule has 0 amide bonds. The molecule has 1 rings (SSSR count). The molecule has 0 saturated carbocycles. The Morgan fingerprint density at radius 3 is 2.58 bits per heavy atom. The molecular formula is C14H21ClO3S. The van der Waals surface area contributed by atoms with Crippen molar-refractivity contribution in [3.63, 3.8) is 0 Å². The van der Waals surface area contributed by atoms with Crippen LogP contribution in [-0.4, -0.2) is 32.9 Å². The van der Waals surface area contributed by atoms with Crippen molar-refractivity contribution >= 4 is 21.4 Å². The summed E-state index contributed by atoms with van der Waals surface area (Å²) in [5.41, 5.74) is 1.07. The van der Waals surface area contributed by atoms with Crippen molar-refractivity contribution in [2.24, 2.45) is 5.92 Å². The highest BCUT2D eigenvalue weighted by Gasteiger charge is 2.15. The zero-order valence-electron chi connectivity index (χ0n) is 11.4. The topological polar surface area (TPSA) is 43.4 Å². The summed E-state index contributed by atoms with van der Waals surface area (Å²) >= 11 is 5.95. The highest BCUT2D eigenvalue weighted by molar-refractivity contribution is 7.91. The first-order valence-electron chi connectivity index (χ1n) is 6.40. The van der Waals surface area contributed by atoms with Crippen LogP contribution in [0.25, 0.3) is 0 Å². The first-order chi connectivity index (χ1) is 9.02. The molecule has 108 valence electrons. The maximum atomic E-state index is 11.5. The minimum absolute atomic E-state index is 0.152. The normalized spacial score (nSPS) is 13.2. The molecule has 0 aliphatic carbocycles. The second kappa shape index (κ2) is 7.75. The van der Waals surface area contributed by atoms with Gasteiger partial charge < -0.3 is 4.74 Å². The molecule has 0 aliphatic heterocycles. The predicted molar refractivity (Wildman–Crippen MR) is 79.9 cm³/mol. The quantitative estimate of drug-likeness (QED) is 0.694. The van der Waals surface area contributed by atoms with Gasteiger partial charge in [-0.05, 0) is 30.4 Å². The van der Waals surface area contributed by atoms with Gasteiger partial charge in [-0.3, -0.25) is 0 Å². The number of rotatable bonds is 8. The first-order valence-corrected chi connectivity index (χ1v) is 8.76. The van der Waals surface area contributed by atoms with Crippen LogP contribution >= 0.6 is 11.6 Å². The summed E-state index contributed by atoms with van der Waals surface area (Å²) in [6.45, 7) is 1.67. The highest BCUT2D eigenvalue weighted by Crippen LogP contribution is 2.23. The van der Waals surface area contributed by atoms with Crippen LogP contribution in [0.4, 0.5) is 0 Å². The van der Waals surface area contributed by atoms with Crippen LogP contribution in [-0.2, 0) is 16.3 Å². The Kier molecular flexibility index (Phi) is 6.66. The smallest absolute Gasteiger partial charge is 0.150 e. The largest absolute Gasteiger partial charge is 0.496 e. The molecule has 19 heavy (non-hydrogen) atoms. The van der Waals surface area contributed by atoms with E-state index in [2.05, 4.69) is 0 Å². The lowest BCUT2D eigenvalue weighted by Crippen LogP contribution is -2.16. The lowest BCUT2D eigenvalue weighted by atomic mass is 9.98. The van der Waals surface area contributed by atoms with Gasteiger partial charge >= 0.3 is 0 Å². The standard InChI is InChI=1S/C14H21ClO3S/c1-3-19(16,17)9-8-12(11-15)10-13-6-4-5-7-14(13)18-2/h4-7,12H,3,8-11H2,1-2H3. The Morgan fingerprint density at radius 2 is 2.00 bits per heavy atom. The van der Waals surface area contributed by atoms with Crippen LogP contribution in [0.5, 0.6) is 5.75 Å².